The van der Waals surface area contributed by atoms with Crippen LogP contribution in [0.4, 0.5) is 0 Å². The highest BCUT2D eigenvalue weighted by atomic mass is 35.5. The van der Waals surface area contributed by atoms with Crippen molar-refractivity contribution in [1.82, 2.24) is 13.9 Å². The van der Waals surface area contributed by atoms with Crippen molar-refractivity contribution >= 4 is 32.5 Å². The number of piperidine rings is 1. The molecule has 158 valence electrons. The molecule has 4 rings (SSSR count). The Hall–Kier alpha value is -2.22. The van der Waals surface area contributed by atoms with E-state index in [2.05, 4.69) is 11.9 Å². The van der Waals surface area contributed by atoms with Crippen LogP contribution >= 0.6 is 11.6 Å². The molecule has 1 aromatic heterocycles. The number of aryl methyl sites for hydroxylation is 1. The smallest absolute Gasteiger partial charge is 0.261 e. The van der Waals surface area contributed by atoms with Crippen molar-refractivity contribution in [2.75, 3.05) is 13.1 Å². The molecule has 0 saturated carbocycles. The number of benzene rings is 2. The summed E-state index contributed by atoms with van der Waals surface area (Å²) in [7, 11) is -3.54. The van der Waals surface area contributed by atoms with Gasteiger partial charge in [0.05, 0.1) is 27.1 Å². The third kappa shape index (κ3) is 3.89. The lowest BCUT2D eigenvalue weighted by Gasteiger charge is -2.32. The van der Waals surface area contributed by atoms with Crippen LogP contribution in [0.15, 0.2) is 58.5 Å². The summed E-state index contributed by atoms with van der Waals surface area (Å²) in [5, 5.41) is 0.926. The Bertz CT molecular complexity index is 1210. The molecule has 3 aromatic rings. The fourth-order valence-corrected chi connectivity index (χ4v) is 5.71. The molecule has 0 spiro atoms. The van der Waals surface area contributed by atoms with E-state index in [1.54, 1.807) is 34.9 Å². The number of hydrogen-bond donors (Lipinski definition) is 0. The van der Waals surface area contributed by atoms with Gasteiger partial charge in [-0.15, -0.1) is 0 Å². The number of sulfonamides is 1. The maximum absolute atomic E-state index is 13.0. The van der Waals surface area contributed by atoms with E-state index in [0.717, 1.165) is 18.4 Å². The van der Waals surface area contributed by atoms with Crippen molar-refractivity contribution in [3.05, 3.63) is 69.7 Å². The molecule has 1 fully saturated rings. The van der Waals surface area contributed by atoms with E-state index < -0.39 is 10.0 Å². The van der Waals surface area contributed by atoms with Gasteiger partial charge in [0.1, 0.15) is 0 Å². The molecule has 1 aliphatic rings. The van der Waals surface area contributed by atoms with E-state index in [-0.39, 0.29) is 11.6 Å². The van der Waals surface area contributed by atoms with Crippen LogP contribution in [-0.2, 0) is 16.4 Å². The van der Waals surface area contributed by atoms with Gasteiger partial charge in [-0.25, -0.2) is 13.4 Å². The second-order valence-corrected chi connectivity index (χ2v) is 9.97. The third-order valence-corrected chi connectivity index (χ3v) is 7.90. The molecule has 0 radical (unpaired) electrons. The van der Waals surface area contributed by atoms with Crippen LogP contribution in [-0.4, -0.2) is 35.4 Å². The van der Waals surface area contributed by atoms with Crippen molar-refractivity contribution in [3.8, 4) is 0 Å². The lowest BCUT2D eigenvalue weighted by Crippen LogP contribution is -2.40. The lowest BCUT2D eigenvalue weighted by atomic mass is 10.1. The molecule has 6 nitrogen and oxygen atoms in total. The molecule has 0 bridgehead atoms. The largest absolute Gasteiger partial charge is 0.296 e. The highest BCUT2D eigenvalue weighted by molar-refractivity contribution is 7.89. The zero-order chi connectivity index (χ0) is 21.3. The summed E-state index contributed by atoms with van der Waals surface area (Å²) in [6.45, 7) is 2.83. The van der Waals surface area contributed by atoms with Crippen molar-refractivity contribution < 1.29 is 8.42 Å². The van der Waals surface area contributed by atoms with Crippen LogP contribution in [0.1, 0.15) is 37.8 Å². The minimum absolute atomic E-state index is 0.0910. The topological polar surface area (TPSA) is 72.3 Å². The molecule has 1 aliphatic heterocycles. The van der Waals surface area contributed by atoms with Gasteiger partial charge in [-0.05, 0) is 49.1 Å². The molecule has 2 aromatic carbocycles. The zero-order valence-corrected chi connectivity index (χ0v) is 18.4. The van der Waals surface area contributed by atoms with Crippen molar-refractivity contribution in [3.63, 3.8) is 0 Å². The predicted molar refractivity (Wildman–Crippen MR) is 118 cm³/mol. The van der Waals surface area contributed by atoms with Crippen molar-refractivity contribution in [1.29, 1.82) is 0 Å². The standard InChI is InChI=1S/C22H24ClN3O3S/c1-2-4-16-7-9-18(10-8-16)30(28,29)25-13-11-17(12-14-25)26-15-24-21-19(22(26)27)5-3-6-20(21)23/h3,5-10,15,17H,2,4,11-14H2,1H3. The molecule has 0 amide bonds. The molecule has 2 heterocycles. The second-order valence-electron chi connectivity index (χ2n) is 7.62. The number of hydrogen-bond acceptors (Lipinski definition) is 4. The molecule has 0 atom stereocenters. The fraction of sp³-hybridized carbons (Fsp3) is 0.364. The van der Waals surface area contributed by atoms with E-state index in [0.29, 0.717) is 46.8 Å². The molecule has 30 heavy (non-hydrogen) atoms. The number of halogens is 1. The number of para-hydroxylation sites is 1. The number of rotatable bonds is 5. The summed E-state index contributed by atoms with van der Waals surface area (Å²) >= 11 is 6.14. The highest BCUT2D eigenvalue weighted by Gasteiger charge is 2.30. The summed E-state index contributed by atoms with van der Waals surface area (Å²) in [5.41, 5.74) is 1.49. The molecule has 8 heteroatoms. The van der Waals surface area contributed by atoms with Gasteiger partial charge in [0.15, 0.2) is 0 Å². The van der Waals surface area contributed by atoms with Gasteiger partial charge in [-0.3, -0.25) is 9.36 Å². The minimum atomic E-state index is -3.54. The molecule has 0 aliphatic carbocycles. The first kappa shape index (κ1) is 21.0. The summed E-state index contributed by atoms with van der Waals surface area (Å²) < 4.78 is 29.1. The zero-order valence-electron chi connectivity index (χ0n) is 16.8. The molecule has 0 unspecified atom stereocenters. The first-order chi connectivity index (χ1) is 14.4. The molecular weight excluding hydrogens is 422 g/mol. The van der Waals surface area contributed by atoms with Gasteiger partial charge in [0, 0.05) is 19.1 Å². The quantitative estimate of drug-likeness (QED) is 0.594. The average molecular weight is 446 g/mol. The SMILES string of the molecule is CCCc1ccc(S(=O)(=O)N2CCC(n3cnc4c(Cl)cccc4c3=O)CC2)cc1. The maximum atomic E-state index is 13.0. The Morgan fingerprint density at radius 2 is 1.80 bits per heavy atom. The summed E-state index contributed by atoms with van der Waals surface area (Å²) in [4.78, 5) is 17.6. The Labute approximate surface area is 181 Å². The number of fused-ring (bicyclic) bond motifs is 1. The van der Waals surface area contributed by atoms with Gasteiger partial charge in [0.25, 0.3) is 5.56 Å². The third-order valence-electron chi connectivity index (χ3n) is 5.68. The van der Waals surface area contributed by atoms with E-state index in [1.165, 1.54) is 10.6 Å². The highest BCUT2D eigenvalue weighted by Crippen LogP contribution is 2.27. The first-order valence-corrected chi connectivity index (χ1v) is 12.0. The van der Waals surface area contributed by atoms with Gasteiger partial charge < -0.3 is 0 Å². The fourth-order valence-electron chi connectivity index (χ4n) is 4.02. The molecule has 1 saturated heterocycles. The Balaban J connectivity index is 1.52. The number of aromatic nitrogens is 2. The normalized spacial score (nSPS) is 16.2. The van der Waals surface area contributed by atoms with Crippen LogP contribution < -0.4 is 5.56 Å². The monoisotopic (exact) mass is 445 g/mol. The lowest BCUT2D eigenvalue weighted by molar-refractivity contribution is 0.269. The van der Waals surface area contributed by atoms with Gasteiger partial charge in [-0.1, -0.05) is 43.1 Å². The van der Waals surface area contributed by atoms with Crippen LogP contribution in [0.25, 0.3) is 10.9 Å². The van der Waals surface area contributed by atoms with E-state index in [1.807, 2.05) is 12.1 Å². The van der Waals surface area contributed by atoms with Gasteiger partial charge in [-0.2, -0.15) is 4.31 Å². The predicted octanol–water partition coefficient (Wildman–Crippen LogP) is 4.03. The maximum Gasteiger partial charge on any atom is 0.261 e. The Morgan fingerprint density at radius 1 is 1.10 bits per heavy atom. The first-order valence-electron chi connectivity index (χ1n) is 10.2. The van der Waals surface area contributed by atoms with Crippen LogP contribution in [0.3, 0.4) is 0 Å². The van der Waals surface area contributed by atoms with Crippen LogP contribution in [0, 0.1) is 0 Å². The van der Waals surface area contributed by atoms with E-state index >= 15 is 0 Å². The molecule has 0 N–H and O–H groups in total. The molecular formula is C22H24ClN3O3S. The summed E-state index contributed by atoms with van der Waals surface area (Å²) in [5.74, 6) is 0. The van der Waals surface area contributed by atoms with E-state index in [4.69, 9.17) is 11.6 Å². The Morgan fingerprint density at radius 3 is 2.47 bits per heavy atom. The van der Waals surface area contributed by atoms with Gasteiger partial charge in [0.2, 0.25) is 10.0 Å². The minimum Gasteiger partial charge on any atom is -0.296 e. The number of nitrogens with zero attached hydrogens (tertiary/aromatic N) is 3. The second kappa shape index (κ2) is 8.49. The van der Waals surface area contributed by atoms with Crippen LogP contribution in [0.5, 0.6) is 0 Å². The van der Waals surface area contributed by atoms with Crippen molar-refractivity contribution in [2.24, 2.45) is 0 Å². The van der Waals surface area contributed by atoms with Crippen molar-refractivity contribution in [2.45, 2.75) is 43.5 Å². The average Bonchev–Trinajstić information content (AvgIpc) is 2.75. The van der Waals surface area contributed by atoms with E-state index in [9.17, 15) is 13.2 Å². The Kier molecular flexibility index (Phi) is 5.95. The van der Waals surface area contributed by atoms with Crippen LogP contribution in [0.2, 0.25) is 5.02 Å². The summed E-state index contributed by atoms with van der Waals surface area (Å²) in [6, 6.07) is 12.2. The summed E-state index contributed by atoms with van der Waals surface area (Å²) in [6.07, 6.45) is 4.60. The van der Waals surface area contributed by atoms with Gasteiger partial charge >= 0.3 is 0 Å².